The molecule has 0 radical (unpaired) electrons. The molecular weight excluding hydrogens is 228 g/mol. The van der Waals surface area contributed by atoms with Crippen LogP contribution in [-0.4, -0.2) is 38.0 Å². The lowest BCUT2D eigenvalue weighted by atomic mass is 9.90. The number of nitrogens with one attached hydrogen (secondary N) is 1. The van der Waals surface area contributed by atoms with Gasteiger partial charge in [-0.3, -0.25) is 0 Å². The second kappa shape index (κ2) is 6.51. The summed E-state index contributed by atoms with van der Waals surface area (Å²) >= 11 is 0. The molecule has 0 aromatic carbocycles. The summed E-state index contributed by atoms with van der Waals surface area (Å²) in [7, 11) is 0. The molecule has 1 N–H and O–H groups in total. The van der Waals surface area contributed by atoms with Gasteiger partial charge in [0.1, 0.15) is 0 Å². The molecule has 1 saturated heterocycles. The van der Waals surface area contributed by atoms with Gasteiger partial charge in [0.05, 0.1) is 29.8 Å². The molecule has 1 unspecified atom stereocenters. The summed E-state index contributed by atoms with van der Waals surface area (Å²) in [6.07, 6.45) is 1.93. The Kier molecular flexibility index (Phi) is 5.58. The average molecular weight is 254 g/mol. The summed E-state index contributed by atoms with van der Waals surface area (Å²) in [5, 5.41) is 12.2. The molecule has 1 heterocycles. The molecule has 4 heteroatoms. The van der Waals surface area contributed by atoms with E-state index in [4.69, 9.17) is 14.7 Å². The van der Waals surface area contributed by atoms with Crippen molar-refractivity contribution in [2.45, 2.75) is 52.2 Å². The van der Waals surface area contributed by atoms with Gasteiger partial charge in [0.15, 0.2) is 0 Å². The third-order valence-electron chi connectivity index (χ3n) is 3.11. The molecule has 0 saturated carbocycles. The molecule has 1 aliphatic heterocycles. The summed E-state index contributed by atoms with van der Waals surface area (Å²) < 4.78 is 11.5. The molecule has 0 aromatic rings. The third-order valence-corrected chi connectivity index (χ3v) is 3.11. The van der Waals surface area contributed by atoms with Gasteiger partial charge in [-0.2, -0.15) is 5.26 Å². The van der Waals surface area contributed by atoms with Crippen molar-refractivity contribution >= 4 is 0 Å². The second-order valence-electron chi connectivity index (χ2n) is 6.30. The van der Waals surface area contributed by atoms with E-state index in [2.05, 4.69) is 25.2 Å². The van der Waals surface area contributed by atoms with Gasteiger partial charge in [0.2, 0.25) is 0 Å². The number of morpholine rings is 1. The molecule has 0 aromatic heterocycles. The Labute approximate surface area is 111 Å². The summed E-state index contributed by atoms with van der Waals surface area (Å²) in [5.74, 6) is 0. The molecule has 1 atom stereocenters. The van der Waals surface area contributed by atoms with Gasteiger partial charge in [-0.25, -0.2) is 0 Å². The minimum Gasteiger partial charge on any atom is -0.379 e. The minimum atomic E-state index is -0.242. The van der Waals surface area contributed by atoms with Crippen LogP contribution >= 0.6 is 0 Å². The van der Waals surface area contributed by atoms with Crippen LogP contribution in [0.4, 0.5) is 0 Å². The lowest BCUT2D eigenvalue weighted by Gasteiger charge is -2.36. The van der Waals surface area contributed by atoms with Gasteiger partial charge in [-0.1, -0.05) is 0 Å². The highest BCUT2D eigenvalue weighted by Gasteiger charge is 2.28. The number of hydrogen-bond donors (Lipinski definition) is 1. The van der Waals surface area contributed by atoms with Crippen molar-refractivity contribution in [2.75, 3.05) is 26.3 Å². The van der Waals surface area contributed by atoms with E-state index < -0.39 is 0 Å². The second-order valence-corrected chi connectivity index (χ2v) is 6.30. The average Bonchev–Trinajstić information content (AvgIpc) is 2.27. The number of ether oxygens (including phenoxy) is 2. The number of nitrogens with zero attached hydrogens (tertiary/aromatic N) is 1. The van der Waals surface area contributed by atoms with Crippen LogP contribution in [0.5, 0.6) is 0 Å². The molecule has 0 spiro atoms. The van der Waals surface area contributed by atoms with Crippen molar-refractivity contribution in [2.24, 2.45) is 5.41 Å². The van der Waals surface area contributed by atoms with E-state index in [9.17, 15) is 0 Å². The standard InChI is InChI=1S/C14H26N2O2/c1-13(2,10-15)6-5-7-17-9-12-8-16-11-14(3,4)18-12/h12,16H,5-9,11H2,1-4H3. The van der Waals surface area contributed by atoms with Crippen molar-refractivity contribution in [1.82, 2.24) is 5.32 Å². The predicted octanol–water partition coefficient (Wildman–Crippen LogP) is 2.10. The maximum atomic E-state index is 8.89. The molecule has 0 amide bonds. The zero-order chi connectivity index (χ0) is 13.6. The molecule has 1 rings (SSSR count). The Balaban J connectivity index is 2.10. The highest BCUT2D eigenvalue weighted by atomic mass is 16.5. The first kappa shape index (κ1) is 15.4. The quantitative estimate of drug-likeness (QED) is 0.738. The molecule has 1 fully saturated rings. The normalized spacial score (nSPS) is 23.6. The van der Waals surface area contributed by atoms with Crippen LogP contribution in [0.2, 0.25) is 0 Å². The van der Waals surface area contributed by atoms with E-state index in [0.29, 0.717) is 13.2 Å². The first-order chi connectivity index (χ1) is 8.35. The van der Waals surface area contributed by atoms with Crippen LogP contribution < -0.4 is 5.32 Å². The van der Waals surface area contributed by atoms with Gasteiger partial charge < -0.3 is 14.8 Å². The van der Waals surface area contributed by atoms with Gasteiger partial charge in [0.25, 0.3) is 0 Å². The zero-order valence-corrected chi connectivity index (χ0v) is 12.1. The Morgan fingerprint density at radius 3 is 2.83 bits per heavy atom. The Morgan fingerprint density at radius 1 is 1.50 bits per heavy atom. The van der Waals surface area contributed by atoms with Crippen LogP contribution in [0.3, 0.4) is 0 Å². The highest BCUT2D eigenvalue weighted by molar-refractivity contribution is 4.91. The zero-order valence-electron chi connectivity index (χ0n) is 12.1. The lowest BCUT2D eigenvalue weighted by molar-refractivity contribution is -0.120. The lowest BCUT2D eigenvalue weighted by Crippen LogP contribution is -2.51. The first-order valence-electron chi connectivity index (χ1n) is 6.72. The maximum absolute atomic E-state index is 8.89. The van der Waals surface area contributed by atoms with E-state index in [1.807, 2.05) is 13.8 Å². The van der Waals surface area contributed by atoms with E-state index in [1.165, 1.54) is 0 Å². The monoisotopic (exact) mass is 254 g/mol. The van der Waals surface area contributed by atoms with E-state index in [1.54, 1.807) is 0 Å². The van der Waals surface area contributed by atoms with Gasteiger partial charge in [-0.05, 0) is 40.5 Å². The fourth-order valence-corrected chi connectivity index (χ4v) is 2.05. The van der Waals surface area contributed by atoms with Crippen molar-refractivity contribution in [3.05, 3.63) is 0 Å². The molecule has 0 aliphatic carbocycles. The maximum Gasteiger partial charge on any atom is 0.0940 e. The molecule has 4 nitrogen and oxygen atoms in total. The van der Waals surface area contributed by atoms with Gasteiger partial charge >= 0.3 is 0 Å². The first-order valence-corrected chi connectivity index (χ1v) is 6.72. The molecular formula is C14H26N2O2. The Hall–Kier alpha value is -0.630. The van der Waals surface area contributed by atoms with Crippen molar-refractivity contribution in [3.63, 3.8) is 0 Å². The fourth-order valence-electron chi connectivity index (χ4n) is 2.05. The largest absolute Gasteiger partial charge is 0.379 e. The van der Waals surface area contributed by atoms with Crippen molar-refractivity contribution < 1.29 is 9.47 Å². The third kappa shape index (κ3) is 5.81. The predicted molar refractivity (Wildman–Crippen MR) is 71.3 cm³/mol. The fraction of sp³-hybridized carbons (Fsp3) is 0.929. The topological polar surface area (TPSA) is 54.3 Å². The summed E-state index contributed by atoms with van der Waals surface area (Å²) in [5.41, 5.74) is -0.344. The Bertz CT molecular complexity index is 295. The molecule has 104 valence electrons. The number of nitriles is 1. The van der Waals surface area contributed by atoms with E-state index in [0.717, 1.165) is 25.9 Å². The van der Waals surface area contributed by atoms with E-state index in [-0.39, 0.29) is 17.1 Å². The van der Waals surface area contributed by atoms with Crippen LogP contribution in [0.25, 0.3) is 0 Å². The van der Waals surface area contributed by atoms with Crippen molar-refractivity contribution in [1.29, 1.82) is 5.26 Å². The highest BCUT2D eigenvalue weighted by Crippen LogP contribution is 2.20. The van der Waals surface area contributed by atoms with Crippen molar-refractivity contribution in [3.8, 4) is 6.07 Å². The van der Waals surface area contributed by atoms with E-state index >= 15 is 0 Å². The minimum absolute atomic E-state index is 0.102. The smallest absolute Gasteiger partial charge is 0.0940 e. The molecule has 0 bridgehead atoms. The van der Waals surface area contributed by atoms with Crippen LogP contribution in [0.15, 0.2) is 0 Å². The summed E-state index contributed by atoms with van der Waals surface area (Å²) in [4.78, 5) is 0. The van der Waals surface area contributed by atoms with Gasteiger partial charge in [-0.15, -0.1) is 0 Å². The summed E-state index contributed by atoms with van der Waals surface area (Å²) in [6, 6.07) is 2.30. The molecule has 18 heavy (non-hydrogen) atoms. The van der Waals surface area contributed by atoms with Gasteiger partial charge in [0, 0.05) is 19.7 Å². The van der Waals surface area contributed by atoms with Crippen LogP contribution in [0, 0.1) is 16.7 Å². The molecule has 1 aliphatic rings. The van der Waals surface area contributed by atoms with Crippen LogP contribution in [-0.2, 0) is 9.47 Å². The SMILES string of the molecule is CC(C)(C#N)CCCOCC1CNCC(C)(C)O1. The number of rotatable bonds is 6. The Morgan fingerprint density at radius 2 is 2.22 bits per heavy atom. The number of hydrogen-bond acceptors (Lipinski definition) is 4. The summed E-state index contributed by atoms with van der Waals surface area (Å²) in [6.45, 7) is 11.2. The van der Waals surface area contributed by atoms with Crippen LogP contribution in [0.1, 0.15) is 40.5 Å².